The quantitative estimate of drug-likeness (QED) is 0.570. The van der Waals surface area contributed by atoms with Crippen LogP contribution in [0.25, 0.3) is 0 Å². The number of hydrogen-bond acceptors (Lipinski definition) is 4. The highest BCUT2D eigenvalue weighted by atomic mass is 31.1. The Hall–Kier alpha value is -1.41. The van der Waals surface area contributed by atoms with Gasteiger partial charge in [0, 0.05) is 6.92 Å². The monoisotopic (exact) mass is 283 g/mol. The lowest BCUT2D eigenvalue weighted by atomic mass is 10.3. The number of benzene rings is 1. The molecule has 0 bridgehead atoms. The minimum Gasteiger partial charge on any atom is -0.489 e. The fourth-order valence-corrected chi connectivity index (χ4v) is 2.79. The molecule has 1 aromatic carbocycles. The topological polar surface area (TPSA) is 52.6 Å². The zero-order valence-electron chi connectivity index (χ0n) is 11.6. The van der Waals surface area contributed by atoms with Crippen molar-refractivity contribution in [2.45, 2.75) is 32.9 Å². The van der Waals surface area contributed by atoms with Crippen LogP contribution in [-0.4, -0.2) is 24.8 Å². The van der Waals surface area contributed by atoms with Crippen molar-refractivity contribution in [2.75, 3.05) is 13.2 Å². The number of rotatable bonds is 7. The van der Waals surface area contributed by atoms with Crippen molar-refractivity contribution >= 4 is 19.1 Å². The van der Waals surface area contributed by atoms with Gasteiger partial charge in [0.2, 0.25) is 5.30 Å². The minimum atomic E-state index is -1.66. The van der Waals surface area contributed by atoms with Gasteiger partial charge >= 0.3 is 13.8 Å². The lowest BCUT2D eigenvalue weighted by Crippen LogP contribution is -2.16. The van der Waals surface area contributed by atoms with Crippen LogP contribution in [0.4, 0.5) is 0 Å². The summed E-state index contributed by atoms with van der Waals surface area (Å²) in [6, 6.07) is 7.30. The molecule has 0 aliphatic carbocycles. The molecule has 0 radical (unpaired) electrons. The van der Waals surface area contributed by atoms with E-state index in [9.17, 15) is 9.36 Å². The Kier molecular flexibility index (Phi) is 6.51. The third kappa shape index (κ3) is 4.99. The van der Waals surface area contributed by atoms with Crippen molar-refractivity contribution < 1.29 is 18.8 Å². The van der Waals surface area contributed by atoms with Crippen LogP contribution < -0.4 is 10.0 Å². The van der Waals surface area contributed by atoms with E-state index in [-0.39, 0.29) is 18.2 Å². The van der Waals surface area contributed by atoms with Gasteiger partial charge in [-0.2, -0.15) is 0 Å². The summed E-state index contributed by atoms with van der Waals surface area (Å²) in [5.41, 5.74) is -0.231. The van der Waals surface area contributed by atoms with Crippen LogP contribution in [0.15, 0.2) is 24.3 Å². The summed E-state index contributed by atoms with van der Waals surface area (Å²) in [7, 11) is -1.66. The van der Waals surface area contributed by atoms with E-state index in [1.807, 2.05) is 25.1 Å². The molecule has 0 N–H and O–H groups in total. The maximum absolute atomic E-state index is 12.4. The fraction of sp³-hybridized carbons (Fsp3) is 0.500. The van der Waals surface area contributed by atoms with Crippen molar-refractivity contribution in [1.82, 2.24) is 0 Å². The number of carbonyl (C=O) groups excluding carboxylic acids is 1. The zero-order valence-corrected chi connectivity index (χ0v) is 12.5. The Labute approximate surface area is 114 Å². The third-order valence-electron chi connectivity index (χ3n) is 2.49. The van der Waals surface area contributed by atoms with Crippen molar-refractivity contribution in [3.05, 3.63) is 24.3 Å². The molecule has 19 heavy (non-hydrogen) atoms. The summed E-state index contributed by atoms with van der Waals surface area (Å²) in [5, 5.41) is 0.686. The Balaban J connectivity index is 2.77. The lowest BCUT2D eigenvalue weighted by Gasteiger charge is -2.06. The van der Waals surface area contributed by atoms with E-state index in [0.717, 1.165) is 6.42 Å². The molecular formula is C14H20O4P+. The van der Waals surface area contributed by atoms with Crippen LogP contribution in [-0.2, 0) is 14.1 Å². The maximum Gasteiger partial charge on any atom is 0.387 e. The highest BCUT2D eigenvalue weighted by Gasteiger charge is 2.32. The second-order valence-corrected chi connectivity index (χ2v) is 6.31. The highest BCUT2D eigenvalue weighted by Crippen LogP contribution is 2.31. The molecule has 4 nitrogen and oxygen atoms in total. The van der Waals surface area contributed by atoms with Crippen LogP contribution in [0.1, 0.15) is 27.2 Å². The first-order chi connectivity index (χ1) is 9.06. The molecule has 0 heterocycles. The molecule has 2 unspecified atom stereocenters. The van der Waals surface area contributed by atoms with E-state index >= 15 is 0 Å². The summed E-state index contributed by atoms with van der Waals surface area (Å²) < 4.78 is 22.9. The Morgan fingerprint density at radius 2 is 2.05 bits per heavy atom. The molecule has 0 saturated heterocycles. The van der Waals surface area contributed by atoms with Crippen molar-refractivity contribution in [3.8, 4) is 5.75 Å². The molecule has 2 atom stereocenters. The molecule has 1 aromatic rings. The van der Waals surface area contributed by atoms with Crippen LogP contribution in [0.2, 0.25) is 0 Å². The molecule has 0 fully saturated rings. The summed E-state index contributed by atoms with van der Waals surface area (Å²) in [6.07, 6.45) is 0.897. The normalized spacial score (nSPS) is 12.7. The number of hydrogen-bond donors (Lipinski definition) is 0. The molecular weight excluding hydrogens is 263 g/mol. The van der Waals surface area contributed by atoms with E-state index < -0.39 is 7.80 Å². The molecule has 0 aliphatic heterocycles. The molecule has 5 heteroatoms. The predicted octanol–water partition coefficient (Wildman–Crippen LogP) is 2.88. The number of ether oxygens (including phenoxy) is 2. The van der Waals surface area contributed by atoms with E-state index in [0.29, 0.717) is 17.7 Å². The highest BCUT2D eigenvalue weighted by molar-refractivity contribution is 7.54. The average Bonchev–Trinajstić information content (AvgIpc) is 2.42. The van der Waals surface area contributed by atoms with Gasteiger partial charge in [0.1, 0.15) is 6.61 Å². The summed E-state index contributed by atoms with van der Waals surface area (Å²) in [4.78, 5) is 10.8. The van der Waals surface area contributed by atoms with Gasteiger partial charge in [-0.1, -0.05) is 23.6 Å². The van der Waals surface area contributed by atoms with E-state index in [1.54, 1.807) is 13.0 Å². The second-order valence-electron chi connectivity index (χ2n) is 4.29. The maximum atomic E-state index is 12.4. The zero-order chi connectivity index (χ0) is 14.3. The van der Waals surface area contributed by atoms with Gasteiger partial charge in [0.15, 0.2) is 11.4 Å². The van der Waals surface area contributed by atoms with Crippen molar-refractivity contribution in [2.24, 2.45) is 0 Å². The first-order valence-electron chi connectivity index (χ1n) is 6.37. The Bertz CT molecular complexity index is 445. The number of esters is 1. The molecule has 0 amide bonds. The molecule has 0 saturated carbocycles. The van der Waals surface area contributed by atoms with Gasteiger partial charge in [-0.25, -0.2) is 0 Å². The Morgan fingerprint density at radius 3 is 2.68 bits per heavy atom. The van der Waals surface area contributed by atoms with Gasteiger partial charge in [0.25, 0.3) is 0 Å². The average molecular weight is 283 g/mol. The van der Waals surface area contributed by atoms with Crippen LogP contribution in [0.5, 0.6) is 5.75 Å². The predicted molar refractivity (Wildman–Crippen MR) is 75.6 cm³/mol. The molecule has 0 spiro atoms. The fourth-order valence-electron chi connectivity index (χ4n) is 1.52. The van der Waals surface area contributed by atoms with E-state index in [2.05, 4.69) is 0 Å². The standard InChI is InChI=1S/C14H20O4P/c1-4-9-17-13-7-5-6-8-14(13)19(16)11(2)10-18-12(3)15/h5-8,11H,4,9-10H2,1-3H3/q+1. The molecule has 0 aliphatic rings. The van der Waals surface area contributed by atoms with Crippen LogP contribution in [0.3, 0.4) is 0 Å². The summed E-state index contributed by atoms with van der Waals surface area (Å²) in [6.45, 7) is 5.92. The minimum absolute atomic E-state index is 0.159. The second kappa shape index (κ2) is 7.90. The molecule has 1 rings (SSSR count). The molecule has 104 valence electrons. The lowest BCUT2D eigenvalue weighted by molar-refractivity contribution is -0.140. The summed E-state index contributed by atoms with van der Waals surface area (Å²) in [5.74, 6) is 0.297. The van der Waals surface area contributed by atoms with Crippen molar-refractivity contribution in [3.63, 3.8) is 0 Å². The number of carbonyl (C=O) groups is 1. The summed E-state index contributed by atoms with van der Waals surface area (Å²) >= 11 is 0. The van der Waals surface area contributed by atoms with Gasteiger partial charge in [-0.15, -0.1) is 0 Å². The first-order valence-corrected chi connectivity index (χ1v) is 7.70. The van der Waals surface area contributed by atoms with Gasteiger partial charge in [-0.3, -0.25) is 4.79 Å². The van der Waals surface area contributed by atoms with Crippen LogP contribution in [0, 0.1) is 0 Å². The largest absolute Gasteiger partial charge is 0.489 e. The van der Waals surface area contributed by atoms with Crippen molar-refractivity contribution in [1.29, 1.82) is 0 Å². The Morgan fingerprint density at radius 1 is 1.37 bits per heavy atom. The van der Waals surface area contributed by atoms with Crippen LogP contribution >= 0.6 is 7.80 Å². The van der Waals surface area contributed by atoms with Gasteiger partial charge < -0.3 is 9.47 Å². The van der Waals surface area contributed by atoms with Gasteiger partial charge in [0.05, 0.1) is 6.61 Å². The SMILES string of the molecule is CCCOc1ccccc1[P+](=O)C(C)COC(C)=O. The third-order valence-corrected chi connectivity index (χ3v) is 4.29. The smallest absolute Gasteiger partial charge is 0.387 e. The first kappa shape index (κ1) is 15.6. The van der Waals surface area contributed by atoms with E-state index in [1.165, 1.54) is 6.92 Å². The molecule has 0 aromatic heterocycles. The number of para-hydroxylation sites is 1. The van der Waals surface area contributed by atoms with E-state index in [4.69, 9.17) is 9.47 Å². The van der Waals surface area contributed by atoms with Gasteiger partial charge in [-0.05, 0) is 25.5 Å².